The number of hydrogen-bond donors (Lipinski definition) is 0. The Morgan fingerprint density at radius 2 is 2.36 bits per heavy atom. The summed E-state index contributed by atoms with van der Waals surface area (Å²) in [6.45, 7) is 3.91. The van der Waals surface area contributed by atoms with Crippen molar-refractivity contribution in [2.75, 3.05) is 6.61 Å². The van der Waals surface area contributed by atoms with Gasteiger partial charge in [0.25, 0.3) is 0 Å². The molecular weight excluding hydrogens is 176 g/mol. The van der Waals surface area contributed by atoms with E-state index in [1.54, 1.807) is 0 Å². The number of rotatable bonds is 4. The minimum Gasteiger partial charge on any atom is -0.463 e. The second-order valence-corrected chi connectivity index (χ2v) is 4.20. The molecule has 0 aliphatic heterocycles. The van der Waals surface area contributed by atoms with Gasteiger partial charge in [-0.15, -0.1) is 0 Å². The van der Waals surface area contributed by atoms with E-state index in [9.17, 15) is 4.79 Å². The first kappa shape index (κ1) is 9.50. The number of carbonyl (C=O) groups excluding carboxylic acids is 1. The molecule has 1 saturated carbocycles. The first-order valence-corrected chi connectivity index (χ1v) is 5.27. The minimum atomic E-state index is -0.302. The Balaban J connectivity index is 1.70. The Hall–Kier alpha value is -1.05. The summed E-state index contributed by atoms with van der Waals surface area (Å²) in [6.07, 6.45) is 9.49. The van der Waals surface area contributed by atoms with Crippen LogP contribution in [0.25, 0.3) is 0 Å². The first-order chi connectivity index (χ1) is 6.79. The zero-order valence-electron chi connectivity index (χ0n) is 8.32. The van der Waals surface area contributed by atoms with E-state index >= 15 is 0 Å². The molecule has 3 unspecified atom stereocenters. The largest absolute Gasteiger partial charge is 0.463 e. The predicted octanol–water partition coefficient (Wildman–Crippen LogP) is 2.32. The van der Waals surface area contributed by atoms with Crippen LogP contribution >= 0.6 is 0 Å². The summed E-state index contributed by atoms with van der Waals surface area (Å²) in [5, 5.41) is 0. The number of esters is 1. The molecule has 0 aromatic heterocycles. The van der Waals surface area contributed by atoms with Crippen LogP contribution in [-0.2, 0) is 9.53 Å². The van der Waals surface area contributed by atoms with Crippen LogP contribution in [0.4, 0.5) is 0 Å². The molecule has 2 nitrogen and oxygen atoms in total. The molecule has 2 aliphatic rings. The van der Waals surface area contributed by atoms with Gasteiger partial charge in [-0.2, -0.15) is 0 Å². The van der Waals surface area contributed by atoms with Gasteiger partial charge >= 0.3 is 5.97 Å². The van der Waals surface area contributed by atoms with Gasteiger partial charge < -0.3 is 4.74 Å². The maximum Gasteiger partial charge on any atom is 0.330 e. The minimum absolute atomic E-state index is 0.302. The summed E-state index contributed by atoms with van der Waals surface area (Å²) in [4.78, 5) is 10.8. The SMILES string of the molecule is C=CC(=O)OCCC1CC2C=CC1C2. The molecule has 0 aromatic carbocycles. The molecule has 0 spiro atoms. The molecule has 0 N–H and O–H groups in total. The van der Waals surface area contributed by atoms with Crippen LogP contribution in [0.15, 0.2) is 24.8 Å². The van der Waals surface area contributed by atoms with E-state index in [1.807, 2.05) is 0 Å². The number of ether oxygens (including phenoxy) is 1. The normalized spacial score (nSPS) is 33.3. The molecule has 0 saturated heterocycles. The highest BCUT2D eigenvalue weighted by Gasteiger charge is 2.35. The molecule has 0 heterocycles. The second kappa shape index (κ2) is 3.99. The van der Waals surface area contributed by atoms with E-state index < -0.39 is 0 Å². The van der Waals surface area contributed by atoms with Crippen LogP contribution in [0.5, 0.6) is 0 Å². The summed E-state index contributed by atoms with van der Waals surface area (Å²) in [5.41, 5.74) is 0. The predicted molar refractivity (Wildman–Crippen MR) is 54.6 cm³/mol. The lowest BCUT2D eigenvalue weighted by atomic mass is 9.91. The zero-order chi connectivity index (χ0) is 9.97. The molecule has 0 amide bonds. The second-order valence-electron chi connectivity index (χ2n) is 4.20. The van der Waals surface area contributed by atoms with Crippen molar-refractivity contribution in [3.05, 3.63) is 24.8 Å². The fourth-order valence-electron chi connectivity index (χ4n) is 2.60. The van der Waals surface area contributed by atoms with Gasteiger partial charge in [-0.25, -0.2) is 4.79 Å². The zero-order valence-corrected chi connectivity index (χ0v) is 8.32. The first-order valence-electron chi connectivity index (χ1n) is 5.27. The van der Waals surface area contributed by atoms with Crippen molar-refractivity contribution >= 4 is 5.97 Å². The summed E-state index contributed by atoms with van der Waals surface area (Å²) in [7, 11) is 0. The van der Waals surface area contributed by atoms with E-state index in [0.717, 1.165) is 24.2 Å². The Labute approximate surface area is 84.6 Å². The number of carbonyl (C=O) groups is 1. The third-order valence-corrected chi connectivity index (χ3v) is 3.32. The number of fused-ring (bicyclic) bond motifs is 2. The van der Waals surface area contributed by atoms with Crippen molar-refractivity contribution in [3.63, 3.8) is 0 Å². The molecule has 2 bridgehead atoms. The summed E-state index contributed by atoms with van der Waals surface area (Å²) in [6, 6.07) is 0. The van der Waals surface area contributed by atoms with Crippen molar-refractivity contribution in [1.82, 2.24) is 0 Å². The van der Waals surface area contributed by atoms with Crippen LogP contribution in [0.1, 0.15) is 19.3 Å². The molecule has 2 aliphatic carbocycles. The van der Waals surface area contributed by atoms with Gasteiger partial charge in [-0.3, -0.25) is 0 Å². The third-order valence-electron chi connectivity index (χ3n) is 3.32. The van der Waals surface area contributed by atoms with Crippen LogP contribution in [0.2, 0.25) is 0 Å². The molecule has 0 radical (unpaired) electrons. The van der Waals surface area contributed by atoms with Crippen LogP contribution in [0.3, 0.4) is 0 Å². The quantitative estimate of drug-likeness (QED) is 0.388. The van der Waals surface area contributed by atoms with Crippen molar-refractivity contribution in [1.29, 1.82) is 0 Å². The highest BCUT2D eigenvalue weighted by Crippen LogP contribution is 2.44. The van der Waals surface area contributed by atoms with Crippen molar-refractivity contribution < 1.29 is 9.53 Å². The molecule has 14 heavy (non-hydrogen) atoms. The molecule has 2 rings (SSSR count). The summed E-state index contributed by atoms with van der Waals surface area (Å²) < 4.78 is 4.98. The lowest BCUT2D eigenvalue weighted by molar-refractivity contribution is -0.138. The van der Waals surface area contributed by atoms with Crippen LogP contribution < -0.4 is 0 Å². The molecular formula is C12H16O2. The van der Waals surface area contributed by atoms with Crippen molar-refractivity contribution in [2.45, 2.75) is 19.3 Å². The van der Waals surface area contributed by atoms with Crippen LogP contribution in [-0.4, -0.2) is 12.6 Å². The van der Waals surface area contributed by atoms with E-state index in [4.69, 9.17) is 4.74 Å². The third kappa shape index (κ3) is 1.89. The Morgan fingerprint density at radius 1 is 1.50 bits per heavy atom. The fraction of sp³-hybridized carbons (Fsp3) is 0.583. The molecule has 1 fully saturated rings. The van der Waals surface area contributed by atoms with Gasteiger partial charge in [0.2, 0.25) is 0 Å². The van der Waals surface area contributed by atoms with E-state index in [2.05, 4.69) is 18.7 Å². The summed E-state index contributed by atoms with van der Waals surface area (Å²) >= 11 is 0. The fourth-order valence-corrected chi connectivity index (χ4v) is 2.60. The Morgan fingerprint density at radius 3 is 2.93 bits per heavy atom. The number of allylic oxidation sites excluding steroid dienone is 2. The van der Waals surface area contributed by atoms with Gasteiger partial charge in [-0.05, 0) is 37.0 Å². The topological polar surface area (TPSA) is 26.3 Å². The smallest absolute Gasteiger partial charge is 0.330 e. The Kier molecular flexibility index (Phi) is 2.71. The van der Waals surface area contributed by atoms with Gasteiger partial charge in [-0.1, -0.05) is 18.7 Å². The van der Waals surface area contributed by atoms with E-state index in [0.29, 0.717) is 6.61 Å². The van der Waals surface area contributed by atoms with Gasteiger partial charge in [0.15, 0.2) is 0 Å². The Bertz CT molecular complexity index is 267. The molecule has 2 heteroatoms. The maximum absolute atomic E-state index is 10.8. The number of hydrogen-bond acceptors (Lipinski definition) is 2. The molecule has 76 valence electrons. The van der Waals surface area contributed by atoms with Gasteiger partial charge in [0, 0.05) is 6.08 Å². The lowest BCUT2D eigenvalue weighted by Crippen LogP contribution is -2.12. The average Bonchev–Trinajstić information content (AvgIpc) is 2.79. The van der Waals surface area contributed by atoms with Gasteiger partial charge in [0.1, 0.15) is 0 Å². The molecule has 0 aromatic rings. The monoisotopic (exact) mass is 192 g/mol. The van der Waals surface area contributed by atoms with Crippen LogP contribution in [0, 0.1) is 17.8 Å². The highest BCUT2D eigenvalue weighted by molar-refractivity contribution is 5.81. The van der Waals surface area contributed by atoms with Crippen molar-refractivity contribution in [3.8, 4) is 0 Å². The van der Waals surface area contributed by atoms with E-state index in [1.165, 1.54) is 18.9 Å². The maximum atomic E-state index is 10.8. The summed E-state index contributed by atoms with van der Waals surface area (Å²) in [5.74, 6) is 1.99. The van der Waals surface area contributed by atoms with Crippen molar-refractivity contribution in [2.24, 2.45) is 17.8 Å². The standard InChI is InChI=1S/C12H16O2/c1-2-12(13)14-6-5-11-8-9-3-4-10(11)7-9/h2-4,9-11H,1,5-8H2. The highest BCUT2D eigenvalue weighted by atomic mass is 16.5. The van der Waals surface area contributed by atoms with E-state index in [-0.39, 0.29) is 5.97 Å². The molecule has 3 atom stereocenters. The lowest BCUT2D eigenvalue weighted by Gasteiger charge is -2.17. The average molecular weight is 192 g/mol. The van der Waals surface area contributed by atoms with Gasteiger partial charge in [0.05, 0.1) is 6.61 Å².